The van der Waals surface area contributed by atoms with E-state index in [1.54, 1.807) is 19.4 Å². The quantitative estimate of drug-likeness (QED) is 0.199. The molecule has 0 aliphatic heterocycles. The molecule has 4 fully saturated rings. The number of fused-ring (bicyclic) bond motifs is 7. The number of likely N-dealkylation sites (N-methyl/N-ethyl adjacent to an activating group) is 1. The van der Waals surface area contributed by atoms with Gasteiger partial charge in [-0.2, -0.15) is 0 Å². The Balaban J connectivity index is 1.26. The molecule has 8 atom stereocenters. The van der Waals surface area contributed by atoms with Gasteiger partial charge in [-0.05, 0) is 149 Å². The van der Waals surface area contributed by atoms with E-state index in [1.165, 1.54) is 17.6 Å². The summed E-state index contributed by atoms with van der Waals surface area (Å²) in [5.41, 5.74) is 2.89. The highest BCUT2D eigenvalue weighted by Gasteiger charge is 2.70. The summed E-state index contributed by atoms with van der Waals surface area (Å²) in [7, 11) is 4.29. The number of pyridine rings is 1. The van der Waals surface area contributed by atoms with Crippen LogP contribution < -0.4 is 0 Å². The third-order valence-electron chi connectivity index (χ3n) is 16.9. The molecule has 0 saturated heterocycles. The lowest BCUT2D eigenvalue weighted by Crippen LogP contribution is -2.65. The average molecular weight is 760 g/mol. The van der Waals surface area contributed by atoms with Gasteiger partial charge in [0.05, 0.1) is 11.8 Å². The average Bonchev–Trinajstić information content (AvgIpc) is 3.40. The molecule has 1 aromatic heterocycles. The van der Waals surface area contributed by atoms with Crippen LogP contribution in [0.1, 0.15) is 139 Å². The monoisotopic (exact) mass is 760 g/mol. The van der Waals surface area contributed by atoms with Crippen molar-refractivity contribution in [3.8, 4) is 0 Å². The van der Waals surface area contributed by atoms with Crippen LogP contribution in [-0.2, 0) is 25.7 Å². The van der Waals surface area contributed by atoms with E-state index in [0.717, 1.165) is 77.5 Å². The van der Waals surface area contributed by atoms with Crippen LogP contribution >= 0.6 is 0 Å². The van der Waals surface area contributed by atoms with Crippen molar-refractivity contribution in [2.24, 2.45) is 56.2 Å². The highest BCUT2D eigenvalue weighted by atomic mass is 16.5. The number of ketones is 1. The third-order valence-corrected chi connectivity index (χ3v) is 16.9. The van der Waals surface area contributed by atoms with Gasteiger partial charge in [0, 0.05) is 49.3 Å². The minimum absolute atomic E-state index is 0.0599. The molecule has 306 valence electrons. The van der Waals surface area contributed by atoms with Gasteiger partial charge in [-0.3, -0.25) is 24.3 Å². The van der Waals surface area contributed by atoms with Gasteiger partial charge >= 0.3 is 11.9 Å². The molecule has 5 aliphatic carbocycles. The minimum Gasteiger partial charge on any atom is -0.481 e. The van der Waals surface area contributed by atoms with Gasteiger partial charge in [0.15, 0.2) is 5.78 Å². The fourth-order valence-electron chi connectivity index (χ4n) is 13.6. The fraction of sp³-hybridized carbons (Fsp3) is 0.787. The number of Topliss-reactive ketones (excluding diaryl/α,β-unsaturated/α-hetero) is 1. The van der Waals surface area contributed by atoms with Crippen LogP contribution in [0, 0.1) is 56.2 Å². The topological polar surface area (TPSA) is 100 Å². The molecule has 8 nitrogen and oxygen atoms in total. The molecule has 55 heavy (non-hydrogen) atoms. The lowest BCUT2D eigenvalue weighted by molar-refractivity contribution is -0.233. The molecule has 6 rings (SSSR count). The maximum atomic E-state index is 14.3. The van der Waals surface area contributed by atoms with Crippen LogP contribution in [0.3, 0.4) is 0 Å². The maximum absolute atomic E-state index is 14.3. The Morgan fingerprint density at radius 3 is 2.31 bits per heavy atom. The van der Waals surface area contributed by atoms with Gasteiger partial charge in [0.25, 0.3) is 0 Å². The van der Waals surface area contributed by atoms with E-state index in [9.17, 15) is 19.5 Å². The second-order valence-corrected chi connectivity index (χ2v) is 21.4. The molecule has 4 saturated carbocycles. The third kappa shape index (κ3) is 7.27. The molecule has 0 spiro atoms. The van der Waals surface area contributed by atoms with Crippen molar-refractivity contribution >= 4 is 17.7 Å². The smallest absolute Gasteiger partial charge is 0.309 e. The summed E-state index contributed by atoms with van der Waals surface area (Å²) in [4.78, 5) is 48.5. The number of hydrogen-bond donors (Lipinski definition) is 1. The Morgan fingerprint density at radius 1 is 0.945 bits per heavy atom. The van der Waals surface area contributed by atoms with Gasteiger partial charge in [-0.1, -0.05) is 60.1 Å². The number of nitrogens with zero attached hydrogens (tertiary/aromatic N) is 3. The summed E-state index contributed by atoms with van der Waals surface area (Å²) >= 11 is 0. The number of aliphatic carboxylic acids is 1. The number of ether oxygens (including phenoxy) is 1. The standard InChI is InChI=1S/C47H73N3O5/c1-31(2)39-34(51)27-47(22-24-50(26-25-49(10)11)30-32-13-12-23-48-29-32)21-20-45(8)33(40(39)47)14-15-36-44(7)18-17-37(55-38(52)28-42(3,4)41(53)54)43(5,6)35(44)16-19-46(36,45)9/h12-13,23,29,31,33,35-37H,14-22,24-28,30H2,1-11H3,(H,53,54)/t33-,35?,36?,37+,44+,45-,46-,47-/m1/s1. The van der Waals surface area contributed by atoms with Crippen molar-refractivity contribution in [2.75, 3.05) is 33.7 Å². The number of carbonyl (C=O) groups excluding carboxylic acids is 2. The molecule has 8 heteroatoms. The molecule has 0 bridgehead atoms. The molecule has 1 N–H and O–H groups in total. The van der Waals surface area contributed by atoms with Crippen molar-refractivity contribution in [2.45, 2.75) is 146 Å². The lowest BCUT2D eigenvalue weighted by Gasteiger charge is -2.72. The first-order chi connectivity index (χ1) is 25.6. The number of hydrogen-bond acceptors (Lipinski definition) is 7. The summed E-state index contributed by atoms with van der Waals surface area (Å²) in [5.74, 6) is 0.643. The summed E-state index contributed by atoms with van der Waals surface area (Å²) < 4.78 is 6.21. The van der Waals surface area contributed by atoms with Gasteiger partial charge in [0.1, 0.15) is 6.10 Å². The van der Waals surface area contributed by atoms with Crippen molar-refractivity contribution in [3.63, 3.8) is 0 Å². The van der Waals surface area contributed by atoms with Crippen molar-refractivity contribution in [1.29, 1.82) is 0 Å². The van der Waals surface area contributed by atoms with Gasteiger partial charge in [-0.25, -0.2) is 0 Å². The van der Waals surface area contributed by atoms with Crippen LogP contribution in [0.25, 0.3) is 0 Å². The highest BCUT2D eigenvalue weighted by Crippen LogP contribution is 2.77. The van der Waals surface area contributed by atoms with Crippen molar-refractivity contribution in [3.05, 3.63) is 41.2 Å². The first-order valence-electron chi connectivity index (χ1n) is 21.6. The van der Waals surface area contributed by atoms with Gasteiger partial charge < -0.3 is 14.7 Å². The zero-order valence-electron chi connectivity index (χ0n) is 36.2. The molecule has 1 aromatic rings. The van der Waals surface area contributed by atoms with E-state index >= 15 is 0 Å². The van der Waals surface area contributed by atoms with E-state index < -0.39 is 17.4 Å². The largest absolute Gasteiger partial charge is 0.481 e. The number of aromatic nitrogens is 1. The number of allylic oxidation sites excluding steroid dienone is 2. The Hall–Kier alpha value is -2.58. The highest BCUT2D eigenvalue weighted by molar-refractivity contribution is 6.00. The van der Waals surface area contributed by atoms with Gasteiger partial charge in [0.2, 0.25) is 0 Å². The molecule has 5 aliphatic rings. The van der Waals surface area contributed by atoms with Crippen molar-refractivity contribution < 1.29 is 24.2 Å². The molecule has 0 radical (unpaired) electrons. The second kappa shape index (κ2) is 15.0. The van der Waals surface area contributed by atoms with E-state index in [2.05, 4.69) is 83.4 Å². The zero-order valence-corrected chi connectivity index (χ0v) is 36.2. The van der Waals surface area contributed by atoms with Crippen molar-refractivity contribution in [1.82, 2.24) is 14.8 Å². The molecule has 0 amide bonds. The Labute approximate surface area is 332 Å². The Kier molecular flexibility index (Phi) is 11.4. The number of carbonyl (C=O) groups is 3. The number of esters is 1. The molecule has 0 aromatic carbocycles. The zero-order chi connectivity index (χ0) is 40.4. The second-order valence-electron chi connectivity index (χ2n) is 21.4. The van der Waals surface area contributed by atoms with Crippen LogP contribution in [0.2, 0.25) is 0 Å². The van der Waals surface area contributed by atoms with Crippen LogP contribution in [-0.4, -0.2) is 77.4 Å². The minimum atomic E-state index is -1.15. The summed E-state index contributed by atoms with van der Waals surface area (Å²) in [6.07, 6.45) is 13.9. The number of rotatable bonds is 13. The van der Waals surface area contributed by atoms with E-state index in [4.69, 9.17) is 4.74 Å². The predicted molar refractivity (Wildman–Crippen MR) is 218 cm³/mol. The number of carboxylic acid groups (broad SMARTS) is 1. The summed E-state index contributed by atoms with van der Waals surface area (Å²) in [6, 6.07) is 4.21. The molecule has 2 unspecified atom stereocenters. The molecule has 1 heterocycles. The summed E-state index contributed by atoms with van der Waals surface area (Å²) in [6.45, 7) is 24.0. The molecular weight excluding hydrogens is 687 g/mol. The molecular formula is C47H73N3O5. The number of carboxylic acids is 1. The summed E-state index contributed by atoms with van der Waals surface area (Å²) in [5, 5.41) is 9.65. The van der Waals surface area contributed by atoms with E-state index in [1.807, 2.05) is 18.5 Å². The Morgan fingerprint density at radius 2 is 1.67 bits per heavy atom. The van der Waals surface area contributed by atoms with Crippen LogP contribution in [0.5, 0.6) is 0 Å². The Bertz CT molecular complexity index is 1650. The first kappa shape index (κ1) is 42.0. The van der Waals surface area contributed by atoms with E-state index in [0.29, 0.717) is 30.0 Å². The SMILES string of the molecule is CC(C)C1=C2[C@H]3CCC4[C@@]5(C)CC[C@H](OC(=O)CC(C)(C)C(=O)O)C(C)(C)C5CC[C@@]4(C)[C@]3(C)CC[C@@]2(CCN(CCN(C)C)Cc2cccnc2)CC1=O. The first-order valence-corrected chi connectivity index (χ1v) is 21.6. The van der Waals surface area contributed by atoms with E-state index in [-0.39, 0.29) is 45.5 Å². The van der Waals surface area contributed by atoms with Crippen LogP contribution in [0.15, 0.2) is 35.7 Å². The van der Waals surface area contributed by atoms with Crippen LogP contribution in [0.4, 0.5) is 0 Å². The lowest BCUT2D eigenvalue weighted by atomic mass is 9.33. The van der Waals surface area contributed by atoms with Gasteiger partial charge in [-0.15, -0.1) is 0 Å². The maximum Gasteiger partial charge on any atom is 0.309 e. The normalized spacial score (nSPS) is 35.7. The predicted octanol–water partition coefficient (Wildman–Crippen LogP) is 9.23. The fourth-order valence-corrected chi connectivity index (χ4v) is 13.6.